The van der Waals surface area contributed by atoms with Gasteiger partial charge in [0.15, 0.2) is 0 Å². The Morgan fingerprint density at radius 1 is 1.16 bits per heavy atom. The molecule has 2 aromatic carbocycles. The highest BCUT2D eigenvalue weighted by atomic mass is 32.2. The number of ether oxygens (including phenoxy) is 1. The molecule has 0 unspecified atom stereocenters. The lowest BCUT2D eigenvalue weighted by Crippen LogP contribution is -2.15. The van der Waals surface area contributed by atoms with E-state index in [1.165, 1.54) is 7.05 Å². The van der Waals surface area contributed by atoms with Crippen molar-refractivity contribution in [2.45, 2.75) is 39.8 Å². The standard InChI is InChI=1S/C23H29N5O2S/c1-16-8-7-9-20(28(6)26-25-27(5)15-29)19(16)13-30-21-11-10-18(12-17(21)2)22-24-23(3,4)14-31-22/h7-12,15H,13-14H2,1-6H3/b26-25-. The zero-order valence-corrected chi connectivity index (χ0v) is 19.7. The Morgan fingerprint density at radius 2 is 1.94 bits per heavy atom. The van der Waals surface area contributed by atoms with E-state index in [0.717, 1.165) is 49.5 Å². The molecule has 8 heteroatoms. The fourth-order valence-corrected chi connectivity index (χ4v) is 4.36. The average molecular weight is 440 g/mol. The topological polar surface area (TPSA) is 69.9 Å². The van der Waals surface area contributed by atoms with Crippen LogP contribution in [0.25, 0.3) is 0 Å². The van der Waals surface area contributed by atoms with E-state index < -0.39 is 0 Å². The molecule has 0 saturated carbocycles. The van der Waals surface area contributed by atoms with Gasteiger partial charge in [-0.3, -0.25) is 9.79 Å². The summed E-state index contributed by atoms with van der Waals surface area (Å²) in [7, 11) is 3.33. The van der Waals surface area contributed by atoms with Crippen LogP contribution >= 0.6 is 11.8 Å². The molecule has 1 heterocycles. The van der Waals surface area contributed by atoms with Gasteiger partial charge >= 0.3 is 0 Å². The summed E-state index contributed by atoms with van der Waals surface area (Å²) in [6, 6.07) is 12.2. The summed E-state index contributed by atoms with van der Waals surface area (Å²) in [4.78, 5) is 15.6. The van der Waals surface area contributed by atoms with Crippen molar-refractivity contribution >= 4 is 28.9 Å². The van der Waals surface area contributed by atoms with Crippen LogP contribution in [0.15, 0.2) is 51.8 Å². The molecule has 0 N–H and O–H groups in total. The number of anilines is 1. The number of amides is 1. The van der Waals surface area contributed by atoms with Crippen molar-refractivity contribution in [1.29, 1.82) is 0 Å². The van der Waals surface area contributed by atoms with Crippen LogP contribution in [0.3, 0.4) is 0 Å². The molecular weight excluding hydrogens is 410 g/mol. The van der Waals surface area contributed by atoms with Gasteiger partial charge in [0.25, 0.3) is 0 Å². The third-order valence-electron chi connectivity index (χ3n) is 4.96. The minimum atomic E-state index is -0.00575. The molecular formula is C23H29N5O2S. The number of hydrogen-bond acceptors (Lipinski definition) is 6. The Morgan fingerprint density at radius 3 is 2.58 bits per heavy atom. The maximum Gasteiger partial charge on any atom is 0.231 e. The Kier molecular flexibility index (Phi) is 7.00. The zero-order valence-electron chi connectivity index (χ0n) is 18.9. The average Bonchev–Trinajstić information content (AvgIpc) is 3.11. The number of benzene rings is 2. The van der Waals surface area contributed by atoms with E-state index >= 15 is 0 Å². The first kappa shape index (κ1) is 22.8. The predicted molar refractivity (Wildman–Crippen MR) is 127 cm³/mol. The lowest BCUT2D eigenvalue weighted by molar-refractivity contribution is -0.117. The number of aliphatic imine (C=N–C) groups is 1. The van der Waals surface area contributed by atoms with Gasteiger partial charge in [-0.1, -0.05) is 12.1 Å². The second-order valence-electron chi connectivity index (χ2n) is 8.24. The fraction of sp³-hybridized carbons (Fsp3) is 0.391. The first-order valence-electron chi connectivity index (χ1n) is 10.1. The molecule has 164 valence electrons. The maximum atomic E-state index is 10.7. The third kappa shape index (κ3) is 5.64. The second kappa shape index (κ2) is 9.51. The Balaban J connectivity index is 1.77. The highest BCUT2D eigenvalue weighted by molar-refractivity contribution is 8.14. The third-order valence-corrected chi connectivity index (χ3v) is 6.41. The summed E-state index contributed by atoms with van der Waals surface area (Å²) in [6.45, 7) is 8.81. The number of carbonyl (C=O) groups excluding carboxylic acids is 1. The van der Waals surface area contributed by atoms with Crippen LogP contribution < -0.4 is 9.75 Å². The van der Waals surface area contributed by atoms with Gasteiger partial charge in [-0.25, -0.2) is 10.0 Å². The van der Waals surface area contributed by atoms with Crippen molar-refractivity contribution in [2.75, 3.05) is 24.9 Å². The van der Waals surface area contributed by atoms with Crippen LogP contribution in [0.5, 0.6) is 5.75 Å². The van der Waals surface area contributed by atoms with Crippen LogP contribution in [0.2, 0.25) is 0 Å². The summed E-state index contributed by atoms with van der Waals surface area (Å²) in [5.74, 6) is 1.84. The lowest BCUT2D eigenvalue weighted by Gasteiger charge is -2.19. The van der Waals surface area contributed by atoms with Gasteiger partial charge in [0, 0.05) is 31.0 Å². The zero-order chi connectivity index (χ0) is 22.6. The molecule has 0 atom stereocenters. The van der Waals surface area contributed by atoms with E-state index in [4.69, 9.17) is 9.73 Å². The highest BCUT2D eigenvalue weighted by Gasteiger charge is 2.26. The molecule has 2 aromatic rings. The number of thioether (sulfide) groups is 1. The minimum Gasteiger partial charge on any atom is -0.489 e. The van der Waals surface area contributed by atoms with Crippen LogP contribution in [0, 0.1) is 13.8 Å². The number of aryl methyl sites for hydroxylation is 2. The normalized spacial score (nSPS) is 15.1. The molecule has 7 nitrogen and oxygen atoms in total. The maximum absolute atomic E-state index is 10.7. The molecule has 3 rings (SSSR count). The molecule has 0 saturated heterocycles. The monoisotopic (exact) mass is 439 g/mol. The number of nitrogens with zero attached hydrogens (tertiary/aromatic N) is 5. The largest absolute Gasteiger partial charge is 0.489 e. The van der Waals surface area contributed by atoms with Crippen LogP contribution in [-0.2, 0) is 11.4 Å². The number of carbonyl (C=O) groups is 1. The smallest absolute Gasteiger partial charge is 0.231 e. The van der Waals surface area contributed by atoms with Gasteiger partial charge in [-0.05, 0) is 73.5 Å². The quantitative estimate of drug-likeness (QED) is 0.331. The lowest BCUT2D eigenvalue weighted by atomic mass is 10.1. The summed E-state index contributed by atoms with van der Waals surface area (Å²) < 4.78 is 6.19. The molecule has 0 aliphatic carbocycles. The molecule has 0 radical (unpaired) electrons. The molecule has 0 aromatic heterocycles. The van der Waals surface area contributed by atoms with E-state index in [2.05, 4.69) is 43.4 Å². The van der Waals surface area contributed by atoms with Gasteiger partial charge in [-0.15, -0.1) is 11.8 Å². The van der Waals surface area contributed by atoms with Gasteiger partial charge in [0.1, 0.15) is 12.4 Å². The van der Waals surface area contributed by atoms with Crippen molar-refractivity contribution in [2.24, 2.45) is 15.4 Å². The van der Waals surface area contributed by atoms with E-state index in [0.29, 0.717) is 13.0 Å². The van der Waals surface area contributed by atoms with Crippen molar-refractivity contribution in [1.82, 2.24) is 5.01 Å². The van der Waals surface area contributed by atoms with Crippen molar-refractivity contribution < 1.29 is 9.53 Å². The number of rotatable bonds is 8. The Bertz CT molecular complexity index is 1020. The molecule has 31 heavy (non-hydrogen) atoms. The summed E-state index contributed by atoms with van der Waals surface area (Å²) in [5, 5.41) is 11.8. The van der Waals surface area contributed by atoms with E-state index in [-0.39, 0.29) is 5.54 Å². The first-order chi connectivity index (χ1) is 14.7. The Labute approximate surface area is 188 Å². The molecule has 1 aliphatic heterocycles. The SMILES string of the molecule is Cc1cc(C2=NC(C)(C)CS2)ccc1OCc1c(C)cccc1N(C)/N=N\N(C)C=O. The van der Waals surface area contributed by atoms with Crippen molar-refractivity contribution in [3.63, 3.8) is 0 Å². The van der Waals surface area contributed by atoms with Gasteiger partial charge in [0.05, 0.1) is 16.3 Å². The second-order valence-corrected chi connectivity index (χ2v) is 9.21. The van der Waals surface area contributed by atoms with Gasteiger partial charge in [-0.2, -0.15) is 0 Å². The van der Waals surface area contributed by atoms with E-state index in [9.17, 15) is 4.79 Å². The van der Waals surface area contributed by atoms with Crippen molar-refractivity contribution in [3.05, 3.63) is 58.7 Å². The highest BCUT2D eigenvalue weighted by Crippen LogP contribution is 2.32. The van der Waals surface area contributed by atoms with Crippen LogP contribution in [-0.4, -0.2) is 41.8 Å². The van der Waals surface area contributed by atoms with Crippen LogP contribution in [0.1, 0.15) is 36.1 Å². The van der Waals surface area contributed by atoms with E-state index in [1.807, 2.05) is 31.2 Å². The van der Waals surface area contributed by atoms with Gasteiger partial charge in [0.2, 0.25) is 6.41 Å². The molecule has 1 aliphatic rings. The van der Waals surface area contributed by atoms with Crippen molar-refractivity contribution in [3.8, 4) is 5.75 Å². The summed E-state index contributed by atoms with van der Waals surface area (Å²) in [6.07, 6.45) is 0.598. The predicted octanol–water partition coefficient (Wildman–Crippen LogP) is 4.96. The Hall–Kier alpha value is -2.87. The fourth-order valence-electron chi connectivity index (χ4n) is 3.20. The molecule has 0 spiro atoms. The molecule has 1 amide bonds. The first-order valence-corrected chi connectivity index (χ1v) is 11.1. The minimum absolute atomic E-state index is 0.00575. The number of hydrogen-bond donors (Lipinski definition) is 0. The van der Waals surface area contributed by atoms with Crippen LogP contribution in [0.4, 0.5) is 5.69 Å². The van der Waals surface area contributed by atoms with E-state index in [1.54, 1.807) is 23.8 Å². The molecule has 0 fully saturated rings. The summed E-state index contributed by atoms with van der Waals surface area (Å²) >= 11 is 1.80. The molecule has 0 bridgehead atoms. The van der Waals surface area contributed by atoms with Gasteiger partial charge < -0.3 is 4.74 Å². The summed E-state index contributed by atoms with van der Waals surface area (Å²) in [5.41, 5.74) is 5.18.